The molecule has 0 unspecified atom stereocenters. The number of allylic oxidation sites excluding steroid dienone is 3. The minimum absolute atomic E-state index is 0.427. The number of fused-ring (bicyclic) bond motifs is 1. The highest BCUT2D eigenvalue weighted by molar-refractivity contribution is 5.91. The zero-order chi connectivity index (χ0) is 29.6. The van der Waals surface area contributed by atoms with Crippen LogP contribution in [0.25, 0.3) is 11.4 Å². The molecule has 3 heteroatoms. The first-order chi connectivity index (χ1) is 19.5. The number of rotatable bonds is 7. The number of hydrogen-bond acceptors (Lipinski definition) is 3. The van der Waals surface area contributed by atoms with Gasteiger partial charge in [0, 0.05) is 36.6 Å². The fourth-order valence-electron chi connectivity index (χ4n) is 6.35. The molecule has 3 nitrogen and oxygen atoms in total. The van der Waals surface area contributed by atoms with Crippen molar-refractivity contribution >= 4 is 22.8 Å². The summed E-state index contributed by atoms with van der Waals surface area (Å²) in [6.45, 7) is 19.2. The maximum atomic E-state index is 2.56. The Morgan fingerprint density at radius 2 is 1.32 bits per heavy atom. The molecule has 0 amide bonds. The standard InChI is InChI=1S/C38H47N3/c1-24(2)30-21-32(25(3)4)36(33(22-30)26(5)6)34-15-12-16-35-38(29-17-19-31(20-18-29)39(9)10)41(23-40(34)35)37-27(7)13-11-14-28(37)8/h11-22,24-26H,23H2,1-10H3. The Kier molecular flexibility index (Phi) is 7.92. The normalized spacial score (nSPS) is 15.0. The van der Waals surface area contributed by atoms with Gasteiger partial charge in [-0.05, 0) is 83.7 Å². The summed E-state index contributed by atoms with van der Waals surface area (Å²) in [7, 11) is 4.20. The molecule has 3 aromatic rings. The van der Waals surface area contributed by atoms with Gasteiger partial charge in [0.15, 0.2) is 0 Å². The molecular formula is C38H47N3. The molecule has 0 fully saturated rings. The highest BCUT2D eigenvalue weighted by Crippen LogP contribution is 2.46. The van der Waals surface area contributed by atoms with Crippen molar-refractivity contribution in [2.75, 3.05) is 30.6 Å². The number of aryl methyl sites for hydroxylation is 2. The number of para-hydroxylation sites is 1. The lowest BCUT2D eigenvalue weighted by molar-refractivity contribution is 0.541. The summed E-state index contributed by atoms with van der Waals surface area (Å²) in [6.07, 6.45) is 6.90. The van der Waals surface area contributed by atoms with Crippen LogP contribution in [-0.4, -0.2) is 25.7 Å². The van der Waals surface area contributed by atoms with Gasteiger partial charge in [-0.15, -0.1) is 0 Å². The van der Waals surface area contributed by atoms with Crippen LogP contribution in [0.15, 0.2) is 78.5 Å². The summed E-state index contributed by atoms with van der Waals surface area (Å²) in [5, 5.41) is 0. The molecule has 2 aliphatic heterocycles. The minimum Gasteiger partial charge on any atom is -0.378 e. The zero-order valence-electron chi connectivity index (χ0n) is 26.7. The Morgan fingerprint density at radius 3 is 1.83 bits per heavy atom. The van der Waals surface area contributed by atoms with Gasteiger partial charge in [-0.1, -0.05) is 90.1 Å². The fraction of sp³-hybridized carbons (Fsp3) is 0.368. The van der Waals surface area contributed by atoms with E-state index < -0.39 is 0 Å². The van der Waals surface area contributed by atoms with Crippen LogP contribution < -0.4 is 9.80 Å². The van der Waals surface area contributed by atoms with Gasteiger partial charge in [-0.2, -0.15) is 0 Å². The molecule has 41 heavy (non-hydrogen) atoms. The molecule has 0 aliphatic carbocycles. The Balaban J connectivity index is 1.74. The predicted octanol–water partition coefficient (Wildman–Crippen LogP) is 9.80. The molecule has 5 rings (SSSR count). The maximum absolute atomic E-state index is 2.56. The lowest BCUT2D eigenvalue weighted by Crippen LogP contribution is -2.29. The first-order valence-corrected chi connectivity index (χ1v) is 15.2. The van der Waals surface area contributed by atoms with E-state index in [-0.39, 0.29) is 0 Å². The van der Waals surface area contributed by atoms with Crippen molar-refractivity contribution in [3.05, 3.63) is 117 Å². The van der Waals surface area contributed by atoms with Crippen molar-refractivity contribution in [2.45, 2.75) is 73.1 Å². The van der Waals surface area contributed by atoms with Crippen molar-refractivity contribution in [1.82, 2.24) is 4.90 Å². The molecule has 2 heterocycles. The van der Waals surface area contributed by atoms with Crippen LogP contribution >= 0.6 is 0 Å². The summed E-state index contributed by atoms with van der Waals surface area (Å²) >= 11 is 0. The summed E-state index contributed by atoms with van der Waals surface area (Å²) in [5.74, 6) is 1.35. The molecule has 2 aliphatic rings. The number of nitrogens with zero attached hydrogens (tertiary/aromatic N) is 3. The smallest absolute Gasteiger partial charge is 0.100 e. The number of benzene rings is 3. The fourth-order valence-corrected chi connectivity index (χ4v) is 6.35. The molecule has 214 valence electrons. The number of hydrogen-bond donors (Lipinski definition) is 0. The zero-order valence-corrected chi connectivity index (χ0v) is 26.7. The first kappa shape index (κ1) is 28.8. The third-order valence-corrected chi connectivity index (χ3v) is 8.64. The Morgan fingerprint density at radius 1 is 0.732 bits per heavy atom. The Labute approximate surface area is 248 Å². The van der Waals surface area contributed by atoms with E-state index in [4.69, 9.17) is 0 Å². The molecular weight excluding hydrogens is 498 g/mol. The van der Waals surface area contributed by atoms with Crippen LogP contribution in [0.2, 0.25) is 0 Å². The summed E-state index contributed by atoms with van der Waals surface area (Å²) in [5.41, 5.74) is 15.9. The van der Waals surface area contributed by atoms with Crippen LogP contribution in [0, 0.1) is 13.8 Å². The second-order valence-corrected chi connectivity index (χ2v) is 12.9. The van der Waals surface area contributed by atoms with Crippen LogP contribution in [0.3, 0.4) is 0 Å². The van der Waals surface area contributed by atoms with Gasteiger partial charge in [-0.25, -0.2) is 0 Å². The van der Waals surface area contributed by atoms with Crippen LogP contribution in [0.4, 0.5) is 11.4 Å². The highest BCUT2D eigenvalue weighted by Gasteiger charge is 2.36. The largest absolute Gasteiger partial charge is 0.378 e. The highest BCUT2D eigenvalue weighted by atomic mass is 15.4. The van der Waals surface area contributed by atoms with Crippen LogP contribution in [-0.2, 0) is 0 Å². The average Bonchev–Trinajstić information content (AvgIpc) is 3.31. The van der Waals surface area contributed by atoms with Gasteiger partial charge in [0.2, 0.25) is 0 Å². The molecule has 0 N–H and O–H groups in total. The van der Waals surface area contributed by atoms with E-state index in [1.165, 1.54) is 67.4 Å². The molecule has 0 radical (unpaired) electrons. The second-order valence-electron chi connectivity index (χ2n) is 12.9. The third-order valence-electron chi connectivity index (χ3n) is 8.64. The van der Waals surface area contributed by atoms with Gasteiger partial charge < -0.3 is 14.7 Å². The predicted molar refractivity (Wildman–Crippen MR) is 179 cm³/mol. The maximum Gasteiger partial charge on any atom is 0.100 e. The average molecular weight is 546 g/mol. The molecule has 0 spiro atoms. The van der Waals surface area contributed by atoms with Crippen molar-refractivity contribution in [2.24, 2.45) is 0 Å². The third kappa shape index (κ3) is 5.23. The summed E-state index contributed by atoms with van der Waals surface area (Å²) in [4.78, 5) is 7.26. The van der Waals surface area contributed by atoms with E-state index in [1.54, 1.807) is 0 Å². The van der Waals surface area contributed by atoms with Crippen LogP contribution in [0.1, 0.15) is 98.2 Å². The van der Waals surface area contributed by atoms with E-state index in [1.807, 2.05) is 0 Å². The van der Waals surface area contributed by atoms with Gasteiger partial charge >= 0.3 is 0 Å². The monoisotopic (exact) mass is 545 g/mol. The summed E-state index contributed by atoms with van der Waals surface area (Å²) in [6, 6.07) is 20.6. The quantitative estimate of drug-likeness (QED) is 0.292. The lowest BCUT2D eigenvalue weighted by atomic mass is 9.82. The van der Waals surface area contributed by atoms with Crippen molar-refractivity contribution < 1.29 is 0 Å². The Hall–Kier alpha value is -3.72. The van der Waals surface area contributed by atoms with Gasteiger partial charge in [0.05, 0.1) is 17.1 Å². The molecule has 3 aromatic carbocycles. The van der Waals surface area contributed by atoms with Gasteiger partial charge in [0.25, 0.3) is 0 Å². The van der Waals surface area contributed by atoms with E-state index >= 15 is 0 Å². The topological polar surface area (TPSA) is 9.72 Å². The molecule has 0 bridgehead atoms. The Bertz CT molecular complexity index is 1480. The minimum atomic E-state index is 0.427. The van der Waals surface area contributed by atoms with E-state index in [0.717, 1.165) is 6.67 Å². The van der Waals surface area contributed by atoms with E-state index in [9.17, 15) is 0 Å². The second kappa shape index (κ2) is 11.3. The van der Waals surface area contributed by atoms with Crippen LogP contribution in [0.5, 0.6) is 0 Å². The van der Waals surface area contributed by atoms with Crippen molar-refractivity contribution in [3.63, 3.8) is 0 Å². The van der Waals surface area contributed by atoms with Crippen molar-refractivity contribution in [3.8, 4) is 0 Å². The first-order valence-electron chi connectivity index (χ1n) is 15.2. The molecule has 0 aromatic heterocycles. The molecule has 0 saturated heterocycles. The van der Waals surface area contributed by atoms with Crippen molar-refractivity contribution in [1.29, 1.82) is 0 Å². The van der Waals surface area contributed by atoms with E-state index in [0.29, 0.717) is 17.8 Å². The molecule has 0 saturated carbocycles. The van der Waals surface area contributed by atoms with Gasteiger partial charge in [-0.3, -0.25) is 0 Å². The SMILES string of the molecule is Cc1cccc(C)c1N1CN2C(c3c(C(C)C)cc(C(C)C)cc3C(C)C)=CC=CC2=C1c1ccc(N(C)C)cc1. The molecule has 0 atom stereocenters. The summed E-state index contributed by atoms with van der Waals surface area (Å²) < 4.78 is 0. The lowest BCUT2D eigenvalue weighted by Gasteiger charge is -2.32. The van der Waals surface area contributed by atoms with Gasteiger partial charge in [0.1, 0.15) is 6.67 Å². The number of anilines is 2. The van der Waals surface area contributed by atoms with E-state index in [2.05, 4.69) is 157 Å².